The summed E-state index contributed by atoms with van der Waals surface area (Å²) < 4.78 is 0. The number of benzene rings is 1. The minimum Gasteiger partial charge on any atom is -0.510 e. The lowest BCUT2D eigenvalue weighted by molar-refractivity contribution is -0.148. The zero-order valence-electron chi connectivity index (χ0n) is 23.7. The van der Waals surface area contributed by atoms with E-state index in [2.05, 4.69) is 25.7 Å². The second-order valence-electron chi connectivity index (χ2n) is 11.9. The monoisotopic (exact) mass is 575 g/mol. The van der Waals surface area contributed by atoms with Gasteiger partial charge in [0.1, 0.15) is 22.8 Å². The van der Waals surface area contributed by atoms with Crippen molar-refractivity contribution < 1.29 is 34.8 Å². The standard InChI is InChI=1S/C29H38ClN3O7/c1-7-28(3,4)33(8-2)12-14-11-17(34)19-15(21(14)30)9-13-10-16-22(32(5)6)24(36)20(27(31)39)26(38)29(16,40)25(37)18(13)23(19)35/h11,13,16,22,34,36-37,40H,7-10,12H2,1-6H3,(H2,31,39)/t13-,16-,22-,29-/m0/s1. The summed E-state index contributed by atoms with van der Waals surface area (Å²) in [6.45, 7) is 9.55. The first-order valence-electron chi connectivity index (χ1n) is 13.5. The maximum atomic E-state index is 13.8. The van der Waals surface area contributed by atoms with Gasteiger partial charge >= 0.3 is 0 Å². The highest BCUT2D eigenvalue weighted by Gasteiger charge is 2.63. The van der Waals surface area contributed by atoms with E-state index in [1.807, 2.05) is 6.92 Å². The average molecular weight is 576 g/mol. The van der Waals surface area contributed by atoms with Crippen molar-refractivity contribution >= 4 is 29.1 Å². The number of hydrogen-bond donors (Lipinski definition) is 5. The van der Waals surface area contributed by atoms with E-state index >= 15 is 0 Å². The van der Waals surface area contributed by atoms with Crippen molar-refractivity contribution in [3.63, 3.8) is 0 Å². The molecule has 3 aliphatic rings. The first-order chi connectivity index (χ1) is 18.5. The summed E-state index contributed by atoms with van der Waals surface area (Å²) in [5.41, 5.74) is 2.52. The van der Waals surface area contributed by atoms with Crippen LogP contribution in [0.15, 0.2) is 28.7 Å². The number of phenolic OH excluding ortho intramolecular Hbond substituents is 1. The van der Waals surface area contributed by atoms with Crippen LogP contribution in [0.1, 0.15) is 62.0 Å². The number of nitrogens with zero attached hydrogens (tertiary/aromatic N) is 2. The lowest BCUT2D eigenvalue weighted by Gasteiger charge is -2.50. The van der Waals surface area contributed by atoms with Gasteiger partial charge < -0.3 is 26.2 Å². The number of fused-ring (bicyclic) bond motifs is 3. The number of aliphatic hydroxyl groups is 3. The van der Waals surface area contributed by atoms with Gasteiger partial charge in [-0.2, -0.15) is 0 Å². The smallest absolute Gasteiger partial charge is 0.255 e. The van der Waals surface area contributed by atoms with E-state index in [1.165, 1.54) is 11.0 Å². The quantitative estimate of drug-likeness (QED) is 0.307. The van der Waals surface area contributed by atoms with Crippen molar-refractivity contribution in [2.75, 3.05) is 20.6 Å². The third kappa shape index (κ3) is 4.24. The van der Waals surface area contributed by atoms with Crippen molar-refractivity contribution in [1.29, 1.82) is 0 Å². The van der Waals surface area contributed by atoms with E-state index in [1.54, 1.807) is 14.1 Å². The van der Waals surface area contributed by atoms with Crippen LogP contribution < -0.4 is 5.73 Å². The molecule has 0 saturated carbocycles. The molecule has 1 aromatic rings. The molecular weight excluding hydrogens is 538 g/mol. The van der Waals surface area contributed by atoms with Crippen molar-refractivity contribution in [2.45, 2.75) is 70.7 Å². The maximum absolute atomic E-state index is 13.8. The number of carbonyl (C=O) groups is 3. The molecule has 218 valence electrons. The topological polar surface area (TPSA) is 165 Å². The number of aliphatic hydroxyl groups excluding tert-OH is 2. The molecule has 40 heavy (non-hydrogen) atoms. The van der Waals surface area contributed by atoms with Gasteiger partial charge in [-0.25, -0.2) is 0 Å². The lowest BCUT2D eigenvalue weighted by atomic mass is 9.58. The van der Waals surface area contributed by atoms with Gasteiger partial charge in [-0.05, 0) is 76.9 Å². The highest BCUT2D eigenvalue weighted by atomic mass is 35.5. The Labute approximate surface area is 238 Å². The van der Waals surface area contributed by atoms with Gasteiger partial charge in [-0.3, -0.25) is 24.2 Å². The van der Waals surface area contributed by atoms with Crippen LogP contribution in [0.4, 0.5) is 0 Å². The van der Waals surface area contributed by atoms with Gasteiger partial charge in [0.2, 0.25) is 5.78 Å². The number of allylic oxidation sites excluding steroid dienone is 1. The average Bonchev–Trinajstić information content (AvgIpc) is 2.86. The van der Waals surface area contributed by atoms with Crippen LogP contribution in [0.2, 0.25) is 5.02 Å². The first kappa shape index (κ1) is 30.0. The molecule has 11 heteroatoms. The SMILES string of the molecule is CCN(Cc1cc(O)c2c(c1Cl)C[C@H]1C[C@H]3[C@H](N(C)C)C(O)=C(C(N)=O)C(=O)[C@@]3(O)C(O)=C1C2=O)C(C)(C)CC. The second-order valence-corrected chi connectivity index (χ2v) is 12.2. The summed E-state index contributed by atoms with van der Waals surface area (Å²) in [6, 6.07) is 0.404. The minimum atomic E-state index is -2.67. The Bertz CT molecular complexity index is 1370. The summed E-state index contributed by atoms with van der Waals surface area (Å²) in [5, 5.41) is 45.3. The number of Topliss-reactive ketones (excluding diaryl/α,β-unsaturated/α-hetero) is 2. The van der Waals surface area contributed by atoms with Crippen LogP contribution in [0, 0.1) is 11.8 Å². The fourth-order valence-electron chi connectivity index (χ4n) is 6.65. The van der Waals surface area contributed by atoms with Crippen LogP contribution in [-0.2, 0) is 22.6 Å². The molecule has 1 aromatic carbocycles. The number of halogens is 1. The van der Waals surface area contributed by atoms with E-state index in [0.717, 1.165) is 13.0 Å². The largest absolute Gasteiger partial charge is 0.510 e. The number of phenols is 1. The fourth-order valence-corrected chi connectivity index (χ4v) is 6.94. The molecule has 0 radical (unpaired) electrons. The molecule has 6 N–H and O–H groups in total. The number of primary amides is 1. The molecule has 0 heterocycles. The van der Waals surface area contributed by atoms with Crippen LogP contribution >= 0.6 is 11.6 Å². The predicted molar refractivity (Wildman–Crippen MR) is 149 cm³/mol. The van der Waals surface area contributed by atoms with Gasteiger partial charge in [0, 0.05) is 28.6 Å². The summed E-state index contributed by atoms with van der Waals surface area (Å²) in [5.74, 6) is -6.85. The van der Waals surface area contributed by atoms with Gasteiger partial charge in [-0.15, -0.1) is 0 Å². The van der Waals surface area contributed by atoms with Crippen LogP contribution in [-0.4, -0.2) is 85.5 Å². The van der Waals surface area contributed by atoms with E-state index in [4.69, 9.17) is 17.3 Å². The van der Waals surface area contributed by atoms with Crippen molar-refractivity contribution in [3.05, 3.63) is 50.4 Å². The molecule has 0 aromatic heterocycles. The summed E-state index contributed by atoms with van der Waals surface area (Å²) in [7, 11) is 3.18. The number of carbonyl (C=O) groups excluding carboxylic acids is 3. The zero-order chi connectivity index (χ0) is 30.1. The highest BCUT2D eigenvalue weighted by molar-refractivity contribution is 6.33. The highest BCUT2D eigenvalue weighted by Crippen LogP contribution is 2.53. The number of nitrogens with two attached hydrogens (primary N) is 1. The Balaban J connectivity index is 1.87. The van der Waals surface area contributed by atoms with E-state index in [0.29, 0.717) is 22.7 Å². The third-order valence-electron chi connectivity index (χ3n) is 9.20. The number of hydrogen-bond acceptors (Lipinski definition) is 9. The van der Waals surface area contributed by atoms with Crippen LogP contribution in [0.5, 0.6) is 5.75 Å². The van der Waals surface area contributed by atoms with Gasteiger partial charge in [0.15, 0.2) is 11.4 Å². The summed E-state index contributed by atoms with van der Waals surface area (Å²) in [4.78, 5) is 43.0. The second kappa shape index (κ2) is 10.2. The molecule has 4 rings (SSSR count). The third-order valence-corrected chi connectivity index (χ3v) is 9.67. The molecule has 0 unspecified atom stereocenters. The van der Waals surface area contributed by atoms with Crippen molar-refractivity contribution in [2.24, 2.45) is 17.6 Å². The van der Waals surface area contributed by atoms with Crippen molar-refractivity contribution in [1.82, 2.24) is 9.80 Å². The zero-order valence-corrected chi connectivity index (χ0v) is 24.5. The van der Waals surface area contributed by atoms with Gasteiger partial charge in [0.05, 0.1) is 11.6 Å². The summed E-state index contributed by atoms with van der Waals surface area (Å²) in [6.07, 6.45) is 1.05. The number of aromatic hydroxyl groups is 1. The van der Waals surface area contributed by atoms with E-state index in [9.17, 15) is 34.8 Å². The lowest BCUT2D eigenvalue weighted by Crippen LogP contribution is -2.63. The number of rotatable bonds is 7. The molecule has 0 saturated heterocycles. The number of amides is 1. The number of likely N-dealkylation sites (N-methyl/N-ethyl adjacent to an activating group) is 1. The Hall–Kier alpha value is -2.92. The van der Waals surface area contributed by atoms with Gasteiger partial charge in [-0.1, -0.05) is 25.4 Å². The molecule has 3 aliphatic carbocycles. The molecular formula is C29H38ClN3O7. The Kier molecular flexibility index (Phi) is 7.64. The normalized spacial score (nSPS) is 26.8. The predicted octanol–water partition coefficient (Wildman–Crippen LogP) is 2.78. The Morgan fingerprint density at radius 3 is 2.35 bits per heavy atom. The van der Waals surface area contributed by atoms with Crippen LogP contribution in [0.3, 0.4) is 0 Å². The molecule has 0 bridgehead atoms. The van der Waals surface area contributed by atoms with Gasteiger partial charge in [0.25, 0.3) is 5.91 Å². The molecule has 0 spiro atoms. The van der Waals surface area contributed by atoms with E-state index in [-0.39, 0.29) is 35.3 Å². The first-order valence-corrected chi connectivity index (χ1v) is 13.8. The Morgan fingerprint density at radius 2 is 1.82 bits per heavy atom. The molecule has 1 amide bonds. The minimum absolute atomic E-state index is 0.0109. The molecule has 10 nitrogen and oxygen atoms in total. The fraction of sp³-hybridized carbons (Fsp3) is 0.552. The van der Waals surface area contributed by atoms with Crippen LogP contribution in [0.25, 0.3) is 0 Å². The summed E-state index contributed by atoms with van der Waals surface area (Å²) >= 11 is 6.89. The Morgan fingerprint density at radius 1 is 1.20 bits per heavy atom. The molecule has 0 aliphatic heterocycles. The maximum Gasteiger partial charge on any atom is 0.255 e. The molecule has 0 fully saturated rings. The number of ketones is 2. The van der Waals surface area contributed by atoms with Crippen molar-refractivity contribution in [3.8, 4) is 5.75 Å². The molecule has 4 atom stereocenters. The van der Waals surface area contributed by atoms with E-state index < -0.39 is 58.0 Å².